The molecule has 0 N–H and O–H groups in total. The summed E-state index contributed by atoms with van der Waals surface area (Å²) in [6.07, 6.45) is 6.88. The first-order chi connectivity index (χ1) is 10.8. The number of sulfone groups is 1. The van der Waals surface area contributed by atoms with Gasteiger partial charge in [0.2, 0.25) is 0 Å². The van der Waals surface area contributed by atoms with E-state index in [2.05, 4.69) is 18.8 Å². The van der Waals surface area contributed by atoms with Crippen LogP contribution < -0.4 is 0 Å². The van der Waals surface area contributed by atoms with Crippen LogP contribution in [0.4, 0.5) is 0 Å². The molecule has 0 amide bonds. The van der Waals surface area contributed by atoms with Crippen molar-refractivity contribution in [3.63, 3.8) is 0 Å². The second-order valence-corrected chi connectivity index (χ2v) is 9.02. The SMILES string of the molecule is CC1(C)CC(c2ccncc2)=C(c2ccc(S(C)(=O)=O)cc2)C1. The van der Waals surface area contributed by atoms with Crippen molar-refractivity contribution in [1.82, 2.24) is 4.98 Å². The lowest BCUT2D eigenvalue weighted by Crippen LogP contribution is -2.05. The lowest BCUT2D eigenvalue weighted by molar-refractivity contribution is 0.406. The first-order valence-electron chi connectivity index (χ1n) is 7.69. The molecule has 120 valence electrons. The zero-order chi connectivity index (χ0) is 16.7. The lowest BCUT2D eigenvalue weighted by atomic mass is 9.87. The summed E-state index contributed by atoms with van der Waals surface area (Å²) < 4.78 is 23.3. The van der Waals surface area contributed by atoms with E-state index in [1.165, 1.54) is 23.0 Å². The molecule has 3 nitrogen and oxygen atoms in total. The molecule has 0 saturated heterocycles. The summed E-state index contributed by atoms with van der Waals surface area (Å²) in [6.45, 7) is 4.54. The number of hydrogen-bond donors (Lipinski definition) is 0. The minimum absolute atomic E-state index is 0.212. The summed E-state index contributed by atoms with van der Waals surface area (Å²) in [6, 6.07) is 11.3. The van der Waals surface area contributed by atoms with Gasteiger partial charge in [0.25, 0.3) is 0 Å². The van der Waals surface area contributed by atoms with Crippen LogP contribution in [0.1, 0.15) is 37.8 Å². The summed E-state index contributed by atoms with van der Waals surface area (Å²) >= 11 is 0. The smallest absolute Gasteiger partial charge is 0.175 e. The van der Waals surface area contributed by atoms with Gasteiger partial charge in [-0.2, -0.15) is 0 Å². The Kier molecular flexibility index (Phi) is 3.88. The highest BCUT2D eigenvalue weighted by Gasteiger charge is 2.31. The number of rotatable bonds is 3. The summed E-state index contributed by atoms with van der Waals surface area (Å²) in [7, 11) is -3.16. The fourth-order valence-corrected chi connectivity index (χ4v) is 3.87. The van der Waals surface area contributed by atoms with E-state index >= 15 is 0 Å². The van der Waals surface area contributed by atoms with E-state index in [9.17, 15) is 8.42 Å². The molecule has 1 aliphatic carbocycles. The molecular formula is C19H21NO2S. The van der Waals surface area contributed by atoms with Crippen LogP contribution in [-0.2, 0) is 9.84 Å². The number of aromatic nitrogens is 1. The Morgan fingerprint density at radius 2 is 1.35 bits per heavy atom. The van der Waals surface area contributed by atoms with E-state index in [1.807, 2.05) is 36.7 Å². The van der Waals surface area contributed by atoms with Gasteiger partial charge in [0.1, 0.15) is 0 Å². The summed E-state index contributed by atoms with van der Waals surface area (Å²) in [5, 5.41) is 0. The second-order valence-electron chi connectivity index (χ2n) is 7.01. The van der Waals surface area contributed by atoms with E-state index in [4.69, 9.17) is 0 Å². The lowest BCUT2D eigenvalue weighted by Gasteiger charge is -2.17. The maximum Gasteiger partial charge on any atom is 0.175 e. The Bertz CT molecular complexity index is 848. The quantitative estimate of drug-likeness (QED) is 0.848. The predicted octanol–water partition coefficient (Wildman–Crippen LogP) is 4.22. The number of allylic oxidation sites excluding steroid dienone is 2. The molecule has 4 heteroatoms. The molecule has 1 aromatic carbocycles. The number of hydrogen-bond acceptors (Lipinski definition) is 3. The largest absolute Gasteiger partial charge is 0.265 e. The normalized spacial score (nSPS) is 17.5. The molecule has 0 bridgehead atoms. The van der Waals surface area contributed by atoms with Crippen LogP contribution in [0, 0.1) is 5.41 Å². The van der Waals surface area contributed by atoms with Gasteiger partial charge in [-0.1, -0.05) is 26.0 Å². The van der Waals surface area contributed by atoms with Crippen molar-refractivity contribution in [1.29, 1.82) is 0 Å². The standard InChI is InChI=1S/C19H21NO2S/c1-19(2)12-17(18(13-19)15-8-10-20-11-9-15)14-4-6-16(7-5-14)23(3,21)22/h4-11H,12-13H2,1-3H3. The highest BCUT2D eigenvalue weighted by molar-refractivity contribution is 7.90. The molecule has 0 spiro atoms. The second kappa shape index (κ2) is 5.60. The first-order valence-corrected chi connectivity index (χ1v) is 9.58. The highest BCUT2D eigenvalue weighted by atomic mass is 32.2. The van der Waals surface area contributed by atoms with Gasteiger partial charge in [0.05, 0.1) is 4.90 Å². The molecule has 0 atom stereocenters. The minimum Gasteiger partial charge on any atom is -0.265 e. The van der Waals surface area contributed by atoms with Crippen LogP contribution in [0.3, 0.4) is 0 Å². The van der Waals surface area contributed by atoms with Crippen LogP contribution in [0.25, 0.3) is 11.1 Å². The van der Waals surface area contributed by atoms with Crippen molar-refractivity contribution < 1.29 is 8.42 Å². The van der Waals surface area contributed by atoms with Gasteiger partial charge >= 0.3 is 0 Å². The average molecular weight is 327 g/mol. The molecular weight excluding hydrogens is 306 g/mol. The third-order valence-electron chi connectivity index (χ3n) is 4.33. The molecule has 0 saturated carbocycles. The Labute approximate surface area is 138 Å². The van der Waals surface area contributed by atoms with Gasteiger partial charge in [-0.3, -0.25) is 4.98 Å². The number of benzene rings is 1. The van der Waals surface area contributed by atoms with Gasteiger partial charge in [-0.05, 0) is 64.8 Å². The fraction of sp³-hybridized carbons (Fsp3) is 0.316. The molecule has 3 rings (SSSR count). The van der Waals surface area contributed by atoms with Gasteiger partial charge in [-0.15, -0.1) is 0 Å². The van der Waals surface area contributed by atoms with Gasteiger partial charge in [0.15, 0.2) is 9.84 Å². The van der Waals surface area contributed by atoms with Crippen LogP contribution in [0.15, 0.2) is 53.7 Å². The maximum absolute atomic E-state index is 11.6. The molecule has 2 aromatic rings. The molecule has 0 aliphatic heterocycles. The van der Waals surface area contributed by atoms with Crippen LogP contribution in [-0.4, -0.2) is 19.7 Å². The molecule has 0 fully saturated rings. The van der Waals surface area contributed by atoms with Gasteiger partial charge < -0.3 is 0 Å². The van der Waals surface area contributed by atoms with Gasteiger partial charge in [-0.25, -0.2) is 8.42 Å². The molecule has 0 radical (unpaired) electrons. The van der Waals surface area contributed by atoms with Crippen molar-refractivity contribution >= 4 is 21.0 Å². The molecule has 23 heavy (non-hydrogen) atoms. The Balaban J connectivity index is 2.07. The van der Waals surface area contributed by atoms with Crippen LogP contribution in [0.5, 0.6) is 0 Å². The molecule has 1 heterocycles. The maximum atomic E-state index is 11.6. The average Bonchev–Trinajstić information content (AvgIpc) is 2.83. The van der Waals surface area contributed by atoms with Crippen molar-refractivity contribution in [2.24, 2.45) is 5.41 Å². The van der Waals surface area contributed by atoms with E-state index < -0.39 is 9.84 Å². The van der Waals surface area contributed by atoms with Crippen LogP contribution in [0.2, 0.25) is 0 Å². The van der Waals surface area contributed by atoms with E-state index in [-0.39, 0.29) is 5.41 Å². The molecule has 1 aromatic heterocycles. The Morgan fingerprint density at radius 1 is 0.870 bits per heavy atom. The third-order valence-corrected chi connectivity index (χ3v) is 5.46. The van der Waals surface area contributed by atoms with E-state index in [1.54, 1.807) is 12.1 Å². The zero-order valence-corrected chi connectivity index (χ0v) is 14.5. The molecule has 0 unspecified atom stereocenters. The minimum atomic E-state index is -3.16. The topological polar surface area (TPSA) is 47.0 Å². The number of nitrogens with zero attached hydrogens (tertiary/aromatic N) is 1. The van der Waals surface area contributed by atoms with Crippen molar-refractivity contribution in [3.05, 3.63) is 59.9 Å². The van der Waals surface area contributed by atoms with Crippen molar-refractivity contribution in [2.45, 2.75) is 31.6 Å². The van der Waals surface area contributed by atoms with Crippen molar-refractivity contribution in [3.8, 4) is 0 Å². The Morgan fingerprint density at radius 3 is 1.83 bits per heavy atom. The van der Waals surface area contributed by atoms with Crippen LogP contribution >= 0.6 is 0 Å². The van der Waals surface area contributed by atoms with Crippen molar-refractivity contribution in [2.75, 3.05) is 6.26 Å². The van der Waals surface area contributed by atoms with E-state index in [0.717, 1.165) is 18.4 Å². The first kappa shape index (κ1) is 15.9. The molecule has 1 aliphatic rings. The van der Waals surface area contributed by atoms with E-state index in [0.29, 0.717) is 4.90 Å². The zero-order valence-electron chi connectivity index (χ0n) is 13.7. The predicted molar refractivity (Wildman–Crippen MR) is 93.6 cm³/mol. The third kappa shape index (κ3) is 3.37. The highest BCUT2D eigenvalue weighted by Crippen LogP contribution is 2.49. The number of pyridine rings is 1. The summed E-state index contributed by atoms with van der Waals surface area (Å²) in [4.78, 5) is 4.47. The van der Waals surface area contributed by atoms with Gasteiger partial charge in [0, 0.05) is 18.6 Å². The summed E-state index contributed by atoms with van der Waals surface area (Å²) in [5.41, 5.74) is 5.16. The Hall–Kier alpha value is -1.94. The summed E-state index contributed by atoms with van der Waals surface area (Å²) in [5.74, 6) is 0. The monoisotopic (exact) mass is 327 g/mol. The fourth-order valence-electron chi connectivity index (χ4n) is 3.24.